The summed E-state index contributed by atoms with van der Waals surface area (Å²) >= 11 is 0. The van der Waals surface area contributed by atoms with Crippen LogP contribution in [-0.2, 0) is 12.8 Å². The second kappa shape index (κ2) is 2.12. The Morgan fingerprint density at radius 1 is 1.45 bits per heavy atom. The lowest BCUT2D eigenvalue weighted by molar-refractivity contribution is 0.426. The third kappa shape index (κ3) is 0.926. The molecule has 0 bridgehead atoms. The molecular formula is C8H8O3. The second-order valence-electron chi connectivity index (χ2n) is 2.71. The minimum absolute atomic E-state index is 0.0914. The van der Waals surface area contributed by atoms with E-state index in [9.17, 15) is 9.90 Å². The van der Waals surface area contributed by atoms with E-state index < -0.39 is 5.63 Å². The number of rotatable bonds is 0. The van der Waals surface area contributed by atoms with Crippen molar-refractivity contribution in [1.82, 2.24) is 0 Å². The van der Waals surface area contributed by atoms with Crippen LogP contribution in [0.3, 0.4) is 0 Å². The first-order chi connectivity index (χ1) is 5.27. The standard InChI is InChI=1S/C8H8O3/c9-6-4-8(10)11-7-3-1-2-5(6)7/h4,9H,1-3H2. The predicted octanol–water partition coefficient (Wildman–Crippen LogP) is 0.834. The molecule has 0 spiro atoms. The summed E-state index contributed by atoms with van der Waals surface area (Å²) in [6.45, 7) is 0. The smallest absolute Gasteiger partial charge is 0.339 e. The predicted molar refractivity (Wildman–Crippen MR) is 38.7 cm³/mol. The van der Waals surface area contributed by atoms with Gasteiger partial charge >= 0.3 is 5.63 Å². The van der Waals surface area contributed by atoms with Crippen LogP contribution >= 0.6 is 0 Å². The van der Waals surface area contributed by atoms with Crippen LogP contribution < -0.4 is 5.63 Å². The van der Waals surface area contributed by atoms with Crippen LogP contribution in [0.2, 0.25) is 0 Å². The molecule has 1 aliphatic carbocycles. The molecule has 11 heavy (non-hydrogen) atoms. The lowest BCUT2D eigenvalue weighted by Gasteiger charge is -1.97. The van der Waals surface area contributed by atoms with E-state index in [2.05, 4.69) is 0 Å². The summed E-state index contributed by atoms with van der Waals surface area (Å²) in [7, 11) is 0. The van der Waals surface area contributed by atoms with Gasteiger partial charge in [0.2, 0.25) is 0 Å². The number of aryl methyl sites for hydroxylation is 1. The van der Waals surface area contributed by atoms with Crippen molar-refractivity contribution >= 4 is 0 Å². The van der Waals surface area contributed by atoms with Crippen LogP contribution in [0.25, 0.3) is 0 Å². The van der Waals surface area contributed by atoms with Gasteiger partial charge in [-0.25, -0.2) is 4.79 Å². The van der Waals surface area contributed by atoms with E-state index in [1.165, 1.54) is 0 Å². The molecule has 58 valence electrons. The number of hydrogen-bond acceptors (Lipinski definition) is 3. The monoisotopic (exact) mass is 152 g/mol. The fraction of sp³-hybridized carbons (Fsp3) is 0.375. The molecule has 1 aromatic heterocycles. The Kier molecular flexibility index (Phi) is 1.24. The molecule has 0 unspecified atom stereocenters. The van der Waals surface area contributed by atoms with Crippen molar-refractivity contribution in [3.8, 4) is 5.75 Å². The van der Waals surface area contributed by atoms with E-state index in [4.69, 9.17) is 4.42 Å². The summed E-state index contributed by atoms with van der Waals surface area (Å²) in [4.78, 5) is 10.7. The highest BCUT2D eigenvalue weighted by atomic mass is 16.4. The van der Waals surface area contributed by atoms with Gasteiger partial charge in [-0.3, -0.25) is 0 Å². The van der Waals surface area contributed by atoms with E-state index in [1.54, 1.807) is 0 Å². The van der Waals surface area contributed by atoms with Gasteiger partial charge < -0.3 is 9.52 Å². The molecule has 1 aliphatic rings. The van der Waals surface area contributed by atoms with Crippen molar-refractivity contribution in [2.45, 2.75) is 19.3 Å². The Morgan fingerprint density at radius 2 is 2.27 bits per heavy atom. The van der Waals surface area contributed by atoms with Gasteiger partial charge in [0.25, 0.3) is 0 Å². The zero-order valence-electron chi connectivity index (χ0n) is 5.96. The van der Waals surface area contributed by atoms with E-state index in [1.807, 2.05) is 0 Å². The highest BCUT2D eigenvalue weighted by Crippen LogP contribution is 2.27. The van der Waals surface area contributed by atoms with Crippen LogP contribution in [0.5, 0.6) is 5.75 Å². The van der Waals surface area contributed by atoms with Crippen LogP contribution in [-0.4, -0.2) is 5.11 Å². The normalized spacial score (nSPS) is 14.9. The zero-order valence-corrected chi connectivity index (χ0v) is 5.96. The Balaban J connectivity index is 2.70. The maximum atomic E-state index is 10.7. The average molecular weight is 152 g/mol. The summed E-state index contributed by atoms with van der Waals surface area (Å²) in [5.74, 6) is 0.753. The molecule has 2 rings (SSSR count). The summed E-state index contributed by atoms with van der Waals surface area (Å²) < 4.78 is 4.88. The van der Waals surface area contributed by atoms with Crippen LogP contribution in [0.4, 0.5) is 0 Å². The molecule has 1 N–H and O–H groups in total. The first-order valence-electron chi connectivity index (χ1n) is 3.62. The Hall–Kier alpha value is -1.25. The van der Waals surface area contributed by atoms with Gasteiger partial charge in [-0.2, -0.15) is 0 Å². The molecule has 0 aromatic carbocycles. The second-order valence-corrected chi connectivity index (χ2v) is 2.71. The van der Waals surface area contributed by atoms with Gasteiger partial charge in [-0.1, -0.05) is 0 Å². The molecule has 1 heterocycles. The number of aromatic hydroxyl groups is 1. The minimum Gasteiger partial charge on any atom is -0.507 e. The Morgan fingerprint density at radius 3 is 3.09 bits per heavy atom. The van der Waals surface area contributed by atoms with Crippen molar-refractivity contribution in [3.05, 3.63) is 27.8 Å². The van der Waals surface area contributed by atoms with Gasteiger partial charge in [0.05, 0.1) is 6.07 Å². The molecule has 0 saturated heterocycles. The van der Waals surface area contributed by atoms with Crippen molar-refractivity contribution in [2.24, 2.45) is 0 Å². The third-order valence-corrected chi connectivity index (χ3v) is 1.95. The fourth-order valence-corrected chi connectivity index (χ4v) is 1.45. The molecule has 0 radical (unpaired) electrons. The maximum absolute atomic E-state index is 10.7. The molecule has 0 amide bonds. The van der Waals surface area contributed by atoms with Gasteiger partial charge in [-0.15, -0.1) is 0 Å². The molecule has 3 nitrogen and oxygen atoms in total. The summed E-state index contributed by atoms with van der Waals surface area (Å²) in [6, 6.07) is 1.13. The summed E-state index contributed by atoms with van der Waals surface area (Å²) in [6.07, 6.45) is 2.57. The van der Waals surface area contributed by atoms with Gasteiger partial charge in [0.15, 0.2) is 0 Å². The molecule has 0 aliphatic heterocycles. The van der Waals surface area contributed by atoms with Crippen LogP contribution in [0, 0.1) is 0 Å². The minimum atomic E-state index is -0.455. The van der Waals surface area contributed by atoms with Crippen LogP contribution in [0.15, 0.2) is 15.3 Å². The van der Waals surface area contributed by atoms with Gasteiger partial charge in [-0.05, 0) is 12.8 Å². The van der Waals surface area contributed by atoms with Crippen molar-refractivity contribution in [2.75, 3.05) is 0 Å². The molecule has 0 saturated carbocycles. The van der Waals surface area contributed by atoms with E-state index >= 15 is 0 Å². The van der Waals surface area contributed by atoms with Gasteiger partial charge in [0.1, 0.15) is 11.5 Å². The maximum Gasteiger partial charge on any atom is 0.339 e. The fourth-order valence-electron chi connectivity index (χ4n) is 1.45. The highest BCUT2D eigenvalue weighted by molar-refractivity contribution is 5.35. The lowest BCUT2D eigenvalue weighted by atomic mass is 10.2. The molecular weight excluding hydrogens is 144 g/mol. The van der Waals surface area contributed by atoms with E-state index in [0.717, 1.165) is 30.9 Å². The molecule has 1 aromatic rings. The van der Waals surface area contributed by atoms with Crippen molar-refractivity contribution in [3.63, 3.8) is 0 Å². The first-order valence-corrected chi connectivity index (χ1v) is 3.62. The topological polar surface area (TPSA) is 50.4 Å². The largest absolute Gasteiger partial charge is 0.507 e. The summed E-state index contributed by atoms with van der Waals surface area (Å²) in [5.41, 5.74) is 0.354. The molecule has 3 heteroatoms. The highest BCUT2D eigenvalue weighted by Gasteiger charge is 2.17. The Bertz CT molecular complexity index is 338. The SMILES string of the molecule is O=c1cc(O)c2c(o1)CCC2. The molecule has 0 atom stereocenters. The average Bonchev–Trinajstić information content (AvgIpc) is 2.34. The summed E-state index contributed by atoms with van der Waals surface area (Å²) in [5, 5.41) is 9.25. The zero-order chi connectivity index (χ0) is 7.84. The number of hydrogen-bond donors (Lipinski definition) is 1. The molecule has 0 fully saturated rings. The van der Waals surface area contributed by atoms with Crippen LogP contribution in [0.1, 0.15) is 17.7 Å². The van der Waals surface area contributed by atoms with Crippen molar-refractivity contribution in [1.29, 1.82) is 0 Å². The lowest BCUT2D eigenvalue weighted by Crippen LogP contribution is -1.99. The van der Waals surface area contributed by atoms with Crippen molar-refractivity contribution < 1.29 is 9.52 Å². The van der Waals surface area contributed by atoms with E-state index in [0.29, 0.717) is 5.76 Å². The van der Waals surface area contributed by atoms with Gasteiger partial charge in [0, 0.05) is 12.0 Å². The third-order valence-electron chi connectivity index (χ3n) is 1.95. The Labute approximate surface area is 63.3 Å². The van der Waals surface area contributed by atoms with E-state index in [-0.39, 0.29) is 5.75 Å². The first kappa shape index (κ1) is 6.46. The number of fused-ring (bicyclic) bond motifs is 1. The quantitative estimate of drug-likeness (QED) is 0.599.